The highest BCUT2D eigenvalue weighted by molar-refractivity contribution is 5.89. The van der Waals surface area contributed by atoms with Gasteiger partial charge in [-0.1, -0.05) is 6.07 Å². The van der Waals surface area contributed by atoms with Crippen molar-refractivity contribution in [1.82, 2.24) is 9.38 Å². The Kier molecular flexibility index (Phi) is 5.53. The van der Waals surface area contributed by atoms with Gasteiger partial charge in [0.25, 0.3) is 0 Å². The third kappa shape index (κ3) is 3.93. The molecule has 0 radical (unpaired) electrons. The van der Waals surface area contributed by atoms with E-state index >= 15 is 0 Å². The molecule has 0 fully saturated rings. The van der Waals surface area contributed by atoms with Crippen LogP contribution in [0.25, 0.3) is 5.65 Å². The van der Waals surface area contributed by atoms with E-state index in [4.69, 9.17) is 14.2 Å². The lowest BCUT2D eigenvalue weighted by molar-refractivity contribution is 0.0633. The van der Waals surface area contributed by atoms with Crippen molar-refractivity contribution in [2.45, 2.75) is 6.42 Å². The molecule has 0 unspecified atom stereocenters. The Morgan fingerprint density at radius 2 is 2.14 bits per heavy atom. The zero-order valence-corrected chi connectivity index (χ0v) is 11.8. The molecule has 0 aliphatic rings. The largest absolute Gasteiger partial charge is 0.476 e. The highest BCUT2D eigenvalue weighted by atomic mass is 16.5. The lowest BCUT2D eigenvalue weighted by Gasteiger charge is -2.05. The first-order valence-electron chi connectivity index (χ1n) is 6.64. The Labute approximate surface area is 122 Å². The number of carboxylic acids is 1. The minimum Gasteiger partial charge on any atom is -0.476 e. The van der Waals surface area contributed by atoms with Crippen LogP contribution in [-0.4, -0.2) is 54.0 Å². The second kappa shape index (κ2) is 7.61. The third-order valence-corrected chi connectivity index (χ3v) is 2.80. The second-order valence-electron chi connectivity index (χ2n) is 4.31. The number of carboxylic acid groups (broad SMARTS) is 1. The van der Waals surface area contributed by atoms with Gasteiger partial charge >= 0.3 is 5.97 Å². The van der Waals surface area contributed by atoms with Crippen LogP contribution in [0.1, 0.15) is 16.9 Å². The van der Waals surface area contributed by atoms with Crippen molar-refractivity contribution in [2.75, 3.05) is 33.5 Å². The number of methoxy groups -OCH3 is 1. The Hall–Kier alpha value is -2.12. The van der Waals surface area contributed by atoms with Crippen LogP contribution < -0.4 is 4.74 Å². The van der Waals surface area contributed by atoms with Crippen LogP contribution in [0.4, 0.5) is 0 Å². The number of carbonyl (C=O) groups is 1. The van der Waals surface area contributed by atoms with Crippen molar-refractivity contribution in [3.05, 3.63) is 30.1 Å². The van der Waals surface area contributed by atoms with Gasteiger partial charge in [0.15, 0.2) is 5.69 Å². The number of aromatic nitrogens is 2. The van der Waals surface area contributed by atoms with Crippen molar-refractivity contribution < 1.29 is 24.1 Å². The van der Waals surface area contributed by atoms with Gasteiger partial charge in [-0.2, -0.15) is 4.98 Å². The molecule has 0 aliphatic heterocycles. The topological polar surface area (TPSA) is 82.3 Å². The van der Waals surface area contributed by atoms with Gasteiger partial charge in [-0.15, -0.1) is 0 Å². The summed E-state index contributed by atoms with van der Waals surface area (Å²) in [6.07, 6.45) is 2.29. The minimum absolute atomic E-state index is 0.0332. The average Bonchev–Trinajstić information content (AvgIpc) is 2.84. The Bertz CT molecular complexity index is 596. The van der Waals surface area contributed by atoms with E-state index in [9.17, 15) is 9.90 Å². The molecule has 0 aromatic carbocycles. The monoisotopic (exact) mass is 294 g/mol. The molecule has 2 aromatic heterocycles. The molecule has 0 aliphatic carbocycles. The van der Waals surface area contributed by atoms with Gasteiger partial charge < -0.3 is 19.3 Å². The quantitative estimate of drug-likeness (QED) is 0.705. The molecule has 0 saturated carbocycles. The number of hydrogen-bond acceptors (Lipinski definition) is 5. The lowest BCUT2D eigenvalue weighted by atomic mass is 10.4. The van der Waals surface area contributed by atoms with E-state index in [0.29, 0.717) is 38.5 Å². The highest BCUT2D eigenvalue weighted by Crippen LogP contribution is 2.20. The number of rotatable bonds is 9. The summed E-state index contributed by atoms with van der Waals surface area (Å²) >= 11 is 0. The maximum absolute atomic E-state index is 11.3. The fraction of sp³-hybridized carbons (Fsp3) is 0.429. The molecule has 7 nitrogen and oxygen atoms in total. The van der Waals surface area contributed by atoms with E-state index in [1.54, 1.807) is 31.5 Å². The first kappa shape index (κ1) is 15.3. The SMILES string of the molecule is COCCOCCCOc1nc2ccccn2c1C(=O)O. The predicted octanol–water partition coefficient (Wildman–Crippen LogP) is 1.46. The molecular weight excluding hydrogens is 276 g/mol. The molecule has 2 aromatic rings. The van der Waals surface area contributed by atoms with Gasteiger partial charge in [-0.3, -0.25) is 4.40 Å². The summed E-state index contributed by atoms with van der Waals surface area (Å²) in [5, 5.41) is 9.27. The van der Waals surface area contributed by atoms with E-state index < -0.39 is 5.97 Å². The first-order chi connectivity index (χ1) is 10.2. The van der Waals surface area contributed by atoms with E-state index in [-0.39, 0.29) is 11.6 Å². The van der Waals surface area contributed by atoms with Crippen LogP contribution in [0, 0.1) is 0 Å². The van der Waals surface area contributed by atoms with Crippen molar-refractivity contribution in [3.8, 4) is 5.88 Å². The minimum atomic E-state index is -1.07. The molecule has 114 valence electrons. The molecule has 2 rings (SSSR count). The first-order valence-corrected chi connectivity index (χ1v) is 6.64. The van der Waals surface area contributed by atoms with Crippen LogP contribution in [0.5, 0.6) is 5.88 Å². The molecule has 2 heterocycles. The maximum Gasteiger partial charge on any atom is 0.358 e. The summed E-state index contributed by atoms with van der Waals surface area (Å²) in [7, 11) is 1.61. The Balaban J connectivity index is 1.92. The normalized spacial score (nSPS) is 10.9. The maximum atomic E-state index is 11.3. The third-order valence-electron chi connectivity index (χ3n) is 2.80. The zero-order chi connectivity index (χ0) is 15.1. The molecule has 21 heavy (non-hydrogen) atoms. The van der Waals surface area contributed by atoms with E-state index in [2.05, 4.69) is 4.98 Å². The van der Waals surface area contributed by atoms with Gasteiger partial charge in [0, 0.05) is 26.3 Å². The molecule has 0 bridgehead atoms. The highest BCUT2D eigenvalue weighted by Gasteiger charge is 2.19. The van der Waals surface area contributed by atoms with Gasteiger partial charge in [0.05, 0.1) is 19.8 Å². The summed E-state index contributed by atoms with van der Waals surface area (Å²) in [6.45, 7) is 1.96. The summed E-state index contributed by atoms with van der Waals surface area (Å²) in [5.41, 5.74) is 0.576. The molecular formula is C14H18N2O5. The molecule has 1 N–H and O–H groups in total. The number of nitrogens with zero attached hydrogens (tertiary/aromatic N) is 2. The molecule has 7 heteroatoms. The number of aromatic carboxylic acids is 1. The van der Waals surface area contributed by atoms with Gasteiger partial charge in [0.1, 0.15) is 5.65 Å². The molecule has 0 saturated heterocycles. The average molecular weight is 294 g/mol. The second-order valence-corrected chi connectivity index (χ2v) is 4.31. The standard InChI is InChI=1S/C14H18N2O5/c1-19-9-10-20-7-4-8-21-13-12(14(17)18)16-6-3-2-5-11(16)15-13/h2-3,5-6H,4,7-10H2,1H3,(H,17,18). The van der Waals surface area contributed by atoms with E-state index in [0.717, 1.165) is 0 Å². The summed E-state index contributed by atoms with van der Waals surface area (Å²) < 4.78 is 17.1. The number of pyridine rings is 1. The number of hydrogen-bond donors (Lipinski definition) is 1. The predicted molar refractivity (Wildman–Crippen MR) is 75.0 cm³/mol. The van der Waals surface area contributed by atoms with E-state index in [1.807, 2.05) is 0 Å². The zero-order valence-electron chi connectivity index (χ0n) is 11.8. The lowest BCUT2D eigenvalue weighted by Crippen LogP contribution is -2.09. The summed E-state index contributed by atoms with van der Waals surface area (Å²) in [6, 6.07) is 5.27. The number of ether oxygens (including phenoxy) is 3. The van der Waals surface area contributed by atoms with Gasteiger partial charge in [-0.05, 0) is 12.1 Å². The van der Waals surface area contributed by atoms with Crippen molar-refractivity contribution in [1.29, 1.82) is 0 Å². The van der Waals surface area contributed by atoms with Crippen LogP contribution in [-0.2, 0) is 9.47 Å². The molecule has 0 amide bonds. The Morgan fingerprint density at radius 1 is 1.29 bits per heavy atom. The molecule has 0 atom stereocenters. The van der Waals surface area contributed by atoms with Crippen molar-refractivity contribution in [3.63, 3.8) is 0 Å². The summed E-state index contributed by atoms with van der Waals surface area (Å²) in [5.74, 6) is -0.939. The van der Waals surface area contributed by atoms with Crippen molar-refractivity contribution in [2.24, 2.45) is 0 Å². The fourth-order valence-electron chi connectivity index (χ4n) is 1.84. The van der Waals surface area contributed by atoms with E-state index in [1.165, 1.54) is 4.40 Å². The Morgan fingerprint density at radius 3 is 2.90 bits per heavy atom. The van der Waals surface area contributed by atoms with Crippen LogP contribution in [0.3, 0.4) is 0 Å². The number of fused-ring (bicyclic) bond motifs is 1. The van der Waals surface area contributed by atoms with Crippen molar-refractivity contribution >= 4 is 11.6 Å². The number of imidazole rings is 1. The molecule has 0 spiro atoms. The summed E-state index contributed by atoms with van der Waals surface area (Å²) in [4.78, 5) is 15.5. The van der Waals surface area contributed by atoms with Crippen LogP contribution >= 0.6 is 0 Å². The van der Waals surface area contributed by atoms with Crippen LogP contribution in [0.2, 0.25) is 0 Å². The van der Waals surface area contributed by atoms with Gasteiger partial charge in [-0.25, -0.2) is 4.79 Å². The smallest absolute Gasteiger partial charge is 0.358 e. The van der Waals surface area contributed by atoms with Crippen LogP contribution in [0.15, 0.2) is 24.4 Å². The fourth-order valence-corrected chi connectivity index (χ4v) is 1.84. The van der Waals surface area contributed by atoms with Gasteiger partial charge in [0.2, 0.25) is 5.88 Å².